The third-order valence-corrected chi connectivity index (χ3v) is 1.87. The molecule has 2 N–H and O–H groups in total. The van der Waals surface area contributed by atoms with E-state index in [1.807, 2.05) is 0 Å². The summed E-state index contributed by atoms with van der Waals surface area (Å²) in [5.74, 6) is -0.844. The third-order valence-electron chi connectivity index (χ3n) is 1.87. The predicted octanol–water partition coefficient (Wildman–Crippen LogP) is -0.460. The molecule has 1 aliphatic rings. The summed E-state index contributed by atoms with van der Waals surface area (Å²) >= 11 is 0. The topological polar surface area (TPSA) is 74.8 Å². The van der Waals surface area contributed by atoms with Gasteiger partial charge in [0, 0.05) is 18.3 Å². The molecule has 5 heteroatoms. The first kappa shape index (κ1) is 7.02. The molecule has 2 heterocycles. The molecule has 1 aromatic heterocycles. The van der Waals surface area contributed by atoms with Gasteiger partial charge in [-0.05, 0) is 6.07 Å². The van der Waals surface area contributed by atoms with Gasteiger partial charge in [-0.1, -0.05) is 0 Å². The highest BCUT2D eigenvalue weighted by molar-refractivity contribution is 6.05. The van der Waals surface area contributed by atoms with Crippen LogP contribution < -0.4 is 5.32 Å². The van der Waals surface area contributed by atoms with Gasteiger partial charge in [0.2, 0.25) is 11.8 Å². The maximum absolute atomic E-state index is 11.1. The van der Waals surface area contributed by atoms with Crippen molar-refractivity contribution in [1.82, 2.24) is 15.5 Å². The molecule has 0 aliphatic carbocycles. The number of amides is 2. The van der Waals surface area contributed by atoms with E-state index in [-0.39, 0.29) is 24.2 Å². The Hall–Kier alpha value is -1.65. The maximum atomic E-state index is 11.1. The van der Waals surface area contributed by atoms with Gasteiger partial charge in [-0.3, -0.25) is 20.0 Å². The van der Waals surface area contributed by atoms with Crippen molar-refractivity contribution in [3.8, 4) is 0 Å². The van der Waals surface area contributed by atoms with E-state index in [2.05, 4.69) is 15.5 Å². The average Bonchev–Trinajstić information content (AvgIpc) is 2.58. The predicted molar refractivity (Wildman–Crippen MR) is 39.1 cm³/mol. The number of hydrogen-bond acceptors (Lipinski definition) is 3. The number of carbonyl (C=O) groups is 2. The lowest BCUT2D eigenvalue weighted by Crippen LogP contribution is -2.21. The SMILES string of the molecule is O=C1CC(c2ccn[nH]2)C(=O)N1. The van der Waals surface area contributed by atoms with E-state index in [9.17, 15) is 9.59 Å². The van der Waals surface area contributed by atoms with Gasteiger partial charge in [-0.15, -0.1) is 0 Å². The number of H-pyrrole nitrogens is 1. The number of rotatable bonds is 1. The highest BCUT2D eigenvalue weighted by atomic mass is 16.2. The Kier molecular flexibility index (Phi) is 1.43. The molecule has 1 fully saturated rings. The van der Waals surface area contributed by atoms with Gasteiger partial charge in [0.1, 0.15) is 0 Å². The molecular weight excluding hydrogens is 158 g/mol. The van der Waals surface area contributed by atoms with Crippen LogP contribution >= 0.6 is 0 Å². The van der Waals surface area contributed by atoms with Crippen LogP contribution in [0.4, 0.5) is 0 Å². The molecule has 1 unspecified atom stereocenters. The number of nitrogens with one attached hydrogen (secondary N) is 2. The van der Waals surface area contributed by atoms with Crippen molar-refractivity contribution < 1.29 is 9.59 Å². The highest BCUT2D eigenvalue weighted by Crippen LogP contribution is 2.21. The first-order chi connectivity index (χ1) is 5.77. The highest BCUT2D eigenvalue weighted by Gasteiger charge is 2.32. The molecule has 1 aliphatic heterocycles. The Morgan fingerprint density at radius 1 is 1.50 bits per heavy atom. The number of imide groups is 1. The van der Waals surface area contributed by atoms with Gasteiger partial charge in [0.15, 0.2) is 0 Å². The summed E-state index contributed by atoms with van der Waals surface area (Å²) in [5, 5.41) is 8.61. The molecule has 1 aromatic rings. The smallest absolute Gasteiger partial charge is 0.236 e. The van der Waals surface area contributed by atoms with E-state index in [0.29, 0.717) is 5.69 Å². The zero-order valence-electron chi connectivity index (χ0n) is 6.20. The van der Waals surface area contributed by atoms with Crippen molar-refractivity contribution >= 4 is 11.8 Å². The number of hydrogen-bond donors (Lipinski definition) is 2. The lowest BCUT2D eigenvalue weighted by molar-refractivity contribution is -0.125. The second-order valence-corrected chi connectivity index (χ2v) is 2.68. The van der Waals surface area contributed by atoms with Crippen LogP contribution in [0.25, 0.3) is 0 Å². The van der Waals surface area contributed by atoms with Crippen molar-refractivity contribution in [2.75, 3.05) is 0 Å². The number of aromatic nitrogens is 2. The number of aromatic amines is 1. The summed E-state index contributed by atoms with van der Waals surface area (Å²) in [4.78, 5) is 21.9. The summed E-state index contributed by atoms with van der Waals surface area (Å²) in [7, 11) is 0. The maximum Gasteiger partial charge on any atom is 0.236 e. The van der Waals surface area contributed by atoms with Gasteiger partial charge in [0.05, 0.1) is 5.92 Å². The molecule has 1 atom stereocenters. The minimum absolute atomic E-state index is 0.223. The molecule has 2 rings (SSSR count). The van der Waals surface area contributed by atoms with Gasteiger partial charge in [-0.2, -0.15) is 5.10 Å². The molecule has 62 valence electrons. The van der Waals surface area contributed by atoms with Crippen molar-refractivity contribution in [2.45, 2.75) is 12.3 Å². The van der Waals surface area contributed by atoms with Crippen molar-refractivity contribution in [3.63, 3.8) is 0 Å². The minimum atomic E-state index is -0.375. The fourth-order valence-corrected chi connectivity index (χ4v) is 1.27. The van der Waals surface area contributed by atoms with Crippen LogP contribution in [-0.2, 0) is 9.59 Å². The van der Waals surface area contributed by atoms with Crippen LogP contribution in [0.1, 0.15) is 18.0 Å². The van der Waals surface area contributed by atoms with Gasteiger partial charge >= 0.3 is 0 Å². The molecule has 5 nitrogen and oxygen atoms in total. The molecule has 0 radical (unpaired) electrons. The van der Waals surface area contributed by atoms with Crippen LogP contribution in [-0.4, -0.2) is 22.0 Å². The quantitative estimate of drug-likeness (QED) is 0.553. The Balaban J connectivity index is 2.26. The first-order valence-electron chi connectivity index (χ1n) is 3.60. The average molecular weight is 165 g/mol. The first-order valence-corrected chi connectivity index (χ1v) is 3.60. The van der Waals surface area contributed by atoms with Gasteiger partial charge < -0.3 is 0 Å². The second-order valence-electron chi connectivity index (χ2n) is 2.68. The van der Waals surface area contributed by atoms with E-state index in [0.717, 1.165) is 0 Å². The minimum Gasteiger partial charge on any atom is -0.296 e. The van der Waals surface area contributed by atoms with Crippen molar-refractivity contribution in [1.29, 1.82) is 0 Å². The molecular formula is C7H7N3O2. The number of carbonyl (C=O) groups excluding carboxylic acids is 2. The molecule has 0 saturated carbocycles. The zero-order valence-corrected chi connectivity index (χ0v) is 6.20. The molecule has 2 amide bonds. The van der Waals surface area contributed by atoms with Crippen LogP contribution in [0, 0.1) is 0 Å². The fourth-order valence-electron chi connectivity index (χ4n) is 1.27. The summed E-state index contributed by atoms with van der Waals surface area (Å²) in [6, 6.07) is 1.70. The molecule has 0 aromatic carbocycles. The van der Waals surface area contributed by atoms with E-state index in [1.54, 1.807) is 12.3 Å². The van der Waals surface area contributed by atoms with Crippen LogP contribution in [0.2, 0.25) is 0 Å². The summed E-state index contributed by atoms with van der Waals surface area (Å²) in [6.07, 6.45) is 1.78. The summed E-state index contributed by atoms with van der Waals surface area (Å²) in [5.41, 5.74) is 0.693. The summed E-state index contributed by atoms with van der Waals surface area (Å²) < 4.78 is 0. The van der Waals surface area contributed by atoms with E-state index in [4.69, 9.17) is 0 Å². The lowest BCUT2D eigenvalue weighted by atomic mass is 10.0. The molecule has 0 bridgehead atoms. The van der Waals surface area contributed by atoms with Gasteiger partial charge in [-0.25, -0.2) is 0 Å². The largest absolute Gasteiger partial charge is 0.296 e. The standard InChI is InChI=1S/C7H7N3O2/c11-6-3-4(7(12)9-6)5-1-2-8-10-5/h1-2,4H,3H2,(H,8,10)(H,9,11,12). The zero-order chi connectivity index (χ0) is 8.55. The third kappa shape index (κ3) is 0.990. The Morgan fingerprint density at radius 2 is 2.33 bits per heavy atom. The Morgan fingerprint density at radius 3 is 2.83 bits per heavy atom. The van der Waals surface area contributed by atoms with Crippen LogP contribution in [0.3, 0.4) is 0 Å². The van der Waals surface area contributed by atoms with Gasteiger partial charge in [0.25, 0.3) is 0 Å². The Bertz CT molecular complexity index is 317. The van der Waals surface area contributed by atoms with Crippen LogP contribution in [0.5, 0.6) is 0 Å². The summed E-state index contributed by atoms with van der Waals surface area (Å²) in [6.45, 7) is 0. The molecule has 0 spiro atoms. The lowest BCUT2D eigenvalue weighted by Gasteiger charge is -1.99. The fraction of sp³-hybridized carbons (Fsp3) is 0.286. The number of nitrogens with zero attached hydrogens (tertiary/aromatic N) is 1. The van der Waals surface area contributed by atoms with E-state index < -0.39 is 0 Å². The van der Waals surface area contributed by atoms with Crippen molar-refractivity contribution in [3.05, 3.63) is 18.0 Å². The van der Waals surface area contributed by atoms with E-state index in [1.165, 1.54) is 0 Å². The second kappa shape index (κ2) is 2.44. The molecule has 1 saturated heterocycles. The normalized spacial score (nSPS) is 22.8. The van der Waals surface area contributed by atoms with Crippen molar-refractivity contribution in [2.24, 2.45) is 0 Å². The monoisotopic (exact) mass is 165 g/mol. The molecule has 12 heavy (non-hydrogen) atoms. The Labute approximate surface area is 68.2 Å². The van der Waals surface area contributed by atoms with E-state index >= 15 is 0 Å². The van der Waals surface area contributed by atoms with Crippen LogP contribution in [0.15, 0.2) is 12.3 Å².